The topological polar surface area (TPSA) is 58.8 Å². The van der Waals surface area contributed by atoms with E-state index >= 15 is 0 Å². The highest BCUT2D eigenvalue weighted by Crippen LogP contribution is 2.31. The van der Waals surface area contributed by atoms with Crippen molar-refractivity contribution in [1.29, 1.82) is 0 Å². The zero-order chi connectivity index (χ0) is 14.0. The maximum absolute atomic E-state index is 12.4. The molecule has 114 valence electrons. The number of likely N-dealkylation sites (tertiary alicyclic amines) is 1. The summed E-state index contributed by atoms with van der Waals surface area (Å²) in [6.07, 6.45) is 6.03. The molecule has 2 saturated heterocycles. The lowest BCUT2D eigenvalue weighted by Crippen LogP contribution is -2.46. The first kappa shape index (κ1) is 14.3. The lowest BCUT2D eigenvalue weighted by molar-refractivity contribution is -0.131. The third-order valence-corrected chi connectivity index (χ3v) is 5.18. The average Bonchev–Trinajstić information content (AvgIpc) is 3.09. The SMILES string of the molecule is NC1(CC(=O)N2CCC(N3CCOCC3)C2)CCCC1. The highest BCUT2D eigenvalue weighted by Gasteiger charge is 2.36. The van der Waals surface area contributed by atoms with Gasteiger partial charge in [-0.05, 0) is 19.3 Å². The Morgan fingerprint density at radius 2 is 1.90 bits per heavy atom. The van der Waals surface area contributed by atoms with Crippen LogP contribution < -0.4 is 5.73 Å². The number of ether oxygens (including phenoxy) is 1. The van der Waals surface area contributed by atoms with E-state index in [0.29, 0.717) is 12.5 Å². The van der Waals surface area contributed by atoms with Crippen LogP contribution in [0.25, 0.3) is 0 Å². The van der Waals surface area contributed by atoms with Crippen LogP contribution in [-0.4, -0.2) is 66.7 Å². The maximum Gasteiger partial charge on any atom is 0.224 e. The Morgan fingerprint density at radius 1 is 1.20 bits per heavy atom. The van der Waals surface area contributed by atoms with E-state index in [4.69, 9.17) is 10.5 Å². The summed E-state index contributed by atoms with van der Waals surface area (Å²) in [7, 11) is 0. The minimum absolute atomic E-state index is 0.214. The molecule has 3 aliphatic rings. The fourth-order valence-corrected chi connectivity index (χ4v) is 3.88. The summed E-state index contributed by atoms with van der Waals surface area (Å²) in [6.45, 7) is 5.46. The molecule has 1 aliphatic carbocycles. The molecule has 2 aliphatic heterocycles. The van der Waals surface area contributed by atoms with Crippen LogP contribution in [0.5, 0.6) is 0 Å². The van der Waals surface area contributed by atoms with Crippen molar-refractivity contribution >= 4 is 5.91 Å². The summed E-state index contributed by atoms with van der Waals surface area (Å²) < 4.78 is 5.40. The van der Waals surface area contributed by atoms with Crippen LogP contribution in [0.4, 0.5) is 0 Å². The minimum Gasteiger partial charge on any atom is -0.379 e. The van der Waals surface area contributed by atoms with Gasteiger partial charge in [0.1, 0.15) is 0 Å². The van der Waals surface area contributed by atoms with Crippen LogP contribution in [-0.2, 0) is 9.53 Å². The summed E-state index contributed by atoms with van der Waals surface area (Å²) in [5.74, 6) is 0.269. The van der Waals surface area contributed by atoms with Crippen LogP contribution in [0.1, 0.15) is 38.5 Å². The van der Waals surface area contributed by atoms with E-state index < -0.39 is 0 Å². The molecule has 0 radical (unpaired) electrons. The standard InChI is InChI=1S/C15H27N3O2/c16-15(4-1-2-5-15)11-14(19)18-6-3-13(12-18)17-7-9-20-10-8-17/h13H,1-12,16H2. The predicted molar refractivity (Wildman–Crippen MR) is 77.4 cm³/mol. The number of nitrogens with two attached hydrogens (primary N) is 1. The number of morpholine rings is 1. The Bertz CT molecular complexity index is 349. The van der Waals surface area contributed by atoms with E-state index in [1.165, 1.54) is 12.8 Å². The first-order valence-corrected chi connectivity index (χ1v) is 8.05. The van der Waals surface area contributed by atoms with Gasteiger partial charge in [0.2, 0.25) is 5.91 Å². The van der Waals surface area contributed by atoms with Gasteiger partial charge in [-0.25, -0.2) is 0 Å². The van der Waals surface area contributed by atoms with Crippen LogP contribution in [0.15, 0.2) is 0 Å². The third kappa shape index (κ3) is 3.15. The summed E-state index contributed by atoms with van der Waals surface area (Å²) in [5, 5.41) is 0. The molecule has 0 bridgehead atoms. The van der Waals surface area contributed by atoms with Gasteiger partial charge in [0.25, 0.3) is 0 Å². The second-order valence-electron chi connectivity index (χ2n) is 6.68. The molecule has 3 rings (SSSR count). The molecule has 0 aromatic heterocycles. The molecule has 2 N–H and O–H groups in total. The lowest BCUT2D eigenvalue weighted by Gasteiger charge is -2.32. The molecule has 20 heavy (non-hydrogen) atoms. The van der Waals surface area contributed by atoms with Crippen molar-refractivity contribution in [1.82, 2.24) is 9.80 Å². The molecule has 1 amide bonds. The second kappa shape index (κ2) is 6.00. The van der Waals surface area contributed by atoms with Crippen molar-refractivity contribution in [2.75, 3.05) is 39.4 Å². The van der Waals surface area contributed by atoms with E-state index in [0.717, 1.165) is 58.7 Å². The molecule has 3 fully saturated rings. The molecular formula is C15H27N3O2. The quantitative estimate of drug-likeness (QED) is 0.822. The number of nitrogens with zero attached hydrogens (tertiary/aromatic N) is 2. The monoisotopic (exact) mass is 281 g/mol. The molecular weight excluding hydrogens is 254 g/mol. The van der Waals surface area contributed by atoms with Crippen LogP contribution >= 0.6 is 0 Å². The Morgan fingerprint density at radius 3 is 2.60 bits per heavy atom. The Kier molecular flexibility index (Phi) is 4.29. The van der Waals surface area contributed by atoms with Gasteiger partial charge < -0.3 is 15.4 Å². The van der Waals surface area contributed by atoms with Gasteiger partial charge in [-0.15, -0.1) is 0 Å². The molecule has 2 heterocycles. The largest absolute Gasteiger partial charge is 0.379 e. The molecule has 0 aromatic rings. The first-order valence-electron chi connectivity index (χ1n) is 8.05. The number of rotatable bonds is 3. The van der Waals surface area contributed by atoms with Gasteiger partial charge >= 0.3 is 0 Å². The zero-order valence-electron chi connectivity index (χ0n) is 12.4. The molecule has 1 unspecified atom stereocenters. The van der Waals surface area contributed by atoms with E-state index in [-0.39, 0.29) is 11.4 Å². The van der Waals surface area contributed by atoms with Crippen molar-refractivity contribution < 1.29 is 9.53 Å². The van der Waals surface area contributed by atoms with E-state index in [1.54, 1.807) is 0 Å². The first-order chi connectivity index (χ1) is 9.66. The zero-order valence-corrected chi connectivity index (χ0v) is 12.4. The molecule has 0 spiro atoms. The lowest BCUT2D eigenvalue weighted by atomic mass is 9.94. The molecule has 1 saturated carbocycles. The Labute approximate surface area is 121 Å². The van der Waals surface area contributed by atoms with Gasteiger partial charge in [-0.3, -0.25) is 9.69 Å². The summed E-state index contributed by atoms with van der Waals surface area (Å²) in [6, 6.07) is 0.528. The number of hydrogen-bond acceptors (Lipinski definition) is 4. The predicted octanol–water partition coefficient (Wildman–Crippen LogP) is 0.581. The van der Waals surface area contributed by atoms with Crippen molar-refractivity contribution in [2.24, 2.45) is 5.73 Å². The second-order valence-corrected chi connectivity index (χ2v) is 6.68. The number of carbonyl (C=O) groups excluding carboxylic acids is 1. The highest BCUT2D eigenvalue weighted by molar-refractivity contribution is 5.77. The molecule has 0 aromatic carbocycles. The van der Waals surface area contributed by atoms with E-state index in [1.807, 2.05) is 4.90 Å². The van der Waals surface area contributed by atoms with Crippen LogP contribution in [0.3, 0.4) is 0 Å². The van der Waals surface area contributed by atoms with Crippen molar-refractivity contribution in [3.8, 4) is 0 Å². The fourth-order valence-electron chi connectivity index (χ4n) is 3.88. The van der Waals surface area contributed by atoms with Gasteiger partial charge in [0.15, 0.2) is 0 Å². The normalized spacial score (nSPS) is 30.9. The van der Waals surface area contributed by atoms with Crippen LogP contribution in [0, 0.1) is 0 Å². The highest BCUT2D eigenvalue weighted by atomic mass is 16.5. The summed E-state index contributed by atoms with van der Waals surface area (Å²) in [4.78, 5) is 16.9. The maximum atomic E-state index is 12.4. The number of carbonyl (C=O) groups is 1. The molecule has 1 atom stereocenters. The molecule has 5 heteroatoms. The van der Waals surface area contributed by atoms with E-state index in [2.05, 4.69) is 4.90 Å². The minimum atomic E-state index is -0.214. The Balaban J connectivity index is 1.50. The van der Waals surface area contributed by atoms with Gasteiger partial charge in [-0.1, -0.05) is 12.8 Å². The third-order valence-electron chi connectivity index (χ3n) is 5.18. The van der Waals surface area contributed by atoms with Gasteiger partial charge in [-0.2, -0.15) is 0 Å². The Hall–Kier alpha value is -0.650. The van der Waals surface area contributed by atoms with Crippen molar-refractivity contribution in [2.45, 2.75) is 50.1 Å². The van der Waals surface area contributed by atoms with Gasteiger partial charge in [0.05, 0.1) is 13.2 Å². The number of amides is 1. The average molecular weight is 281 g/mol. The summed E-state index contributed by atoms with van der Waals surface area (Å²) in [5.41, 5.74) is 6.12. The van der Waals surface area contributed by atoms with E-state index in [9.17, 15) is 4.79 Å². The smallest absolute Gasteiger partial charge is 0.224 e. The van der Waals surface area contributed by atoms with Crippen molar-refractivity contribution in [3.05, 3.63) is 0 Å². The van der Waals surface area contributed by atoms with Crippen LogP contribution in [0.2, 0.25) is 0 Å². The fraction of sp³-hybridized carbons (Fsp3) is 0.933. The summed E-state index contributed by atoms with van der Waals surface area (Å²) >= 11 is 0. The van der Waals surface area contributed by atoms with Gasteiger partial charge in [0, 0.05) is 44.2 Å². The van der Waals surface area contributed by atoms with Crippen molar-refractivity contribution in [3.63, 3.8) is 0 Å². The number of hydrogen-bond donors (Lipinski definition) is 1. The molecule has 5 nitrogen and oxygen atoms in total.